The van der Waals surface area contributed by atoms with Crippen molar-refractivity contribution in [1.82, 2.24) is 9.97 Å². The molecular weight excluding hydrogens is 400 g/mol. The summed E-state index contributed by atoms with van der Waals surface area (Å²) in [6.07, 6.45) is 0. The summed E-state index contributed by atoms with van der Waals surface area (Å²) in [7, 11) is 0. The molecule has 0 amide bonds. The molecule has 2 heterocycles. The topological polar surface area (TPSA) is 48.6 Å². The Balaban J connectivity index is 1.72. The fraction of sp³-hybridized carbons (Fsp3) is 0.0870. The van der Waals surface area contributed by atoms with Crippen LogP contribution in [0.25, 0.3) is 0 Å². The average Bonchev–Trinajstić information content (AvgIpc) is 3.33. The lowest BCUT2D eigenvalue weighted by Gasteiger charge is -2.15. The molecule has 2 N–H and O–H groups in total. The second kappa shape index (κ2) is 7.41. The van der Waals surface area contributed by atoms with Gasteiger partial charge in [0.05, 0.1) is 16.2 Å². The molecule has 0 radical (unpaired) electrons. The number of H-pyrrole nitrogens is 2. The molecule has 0 aliphatic heterocycles. The number of rotatable bonds is 5. The Morgan fingerprint density at radius 2 is 1.48 bits per heavy atom. The summed E-state index contributed by atoms with van der Waals surface area (Å²) >= 11 is 3.49. The first kappa shape index (κ1) is 17.6. The number of halogens is 1. The van der Waals surface area contributed by atoms with Gasteiger partial charge < -0.3 is 9.97 Å². The highest BCUT2D eigenvalue weighted by molar-refractivity contribution is 9.10. The van der Waals surface area contributed by atoms with Crippen molar-refractivity contribution in [2.75, 3.05) is 0 Å². The Bertz CT molecular complexity index is 1060. The van der Waals surface area contributed by atoms with Gasteiger partial charge in [0.25, 0.3) is 0 Å². The van der Waals surface area contributed by atoms with E-state index in [1.54, 1.807) is 0 Å². The van der Waals surface area contributed by atoms with Gasteiger partial charge in [0.2, 0.25) is 5.78 Å². The summed E-state index contributed by atoms with van der Waals surface area (Å²) in [5.74, 6) is -0.00204. The molecular formula is C23H19BrN2O. The van der Waals surface area contributed by atoms with Gasteiger partial charge in [0, 0.05) is 17.0 Å². The standard InChI is InChI=1S/C23H19BrN2O/c1-15-7-9-17(10-8-15)23(27)20-12-11-18(25-20)22(16-5-3-2-4-6-16)19-13-14-21(24)26-19/h2-14,22,25-26H,1H3. The molecule has 1 unspecified atom stereocenters. The average molecular weight is 419 g/mol. The van der Waals surface area contributed by atoms with Crippen LogP contribution in [0.4, 0.5) is 0 Å². The second-order valence-electron chi connectivity index (χ2n) is 6.63. The monoisotopic (exact) mass is 418 g/mol. The van der Waals surface area contributed by atoms with Crippen LogP contribution >= 0.6 is 15.9 Å². The van der Waals surface area contributed by atoms with Crippen LogP contribution in [0.2, 0.25) is 0 Å². The van der Waals surface area contributed by atoms with Crippen molar-refractivity contribution in [1.29, 1.82) is 0 Å². The maximum absolute atomic E-state index is 12.8. The molecule has 0 aliphatic carbocycles. The van der Waals surface area contributed by atoms with Crippen molar-refractivity contribution in [3.63, 3.8) is 0 Å². The van der Waals surface area contributed by atoms with Crippen LogP contribution < -0.4 is 0 Å². The van der Waals surface area contributed by atoms with Crippen molar-refractivity contribution < 1.29 is 4.79 Å². The van der Waals surface area contributed by atoms with E-state index in [2.05, 4.69) is 44.1 Å². The number of hydrogen-bond donors (Lipinski definition) is 2. The van der Waals surface area contributed by atoms with Crippen LogP contribution in [-0.2, 0) is 0 Å². The first-order valence-corrected chi connectivity index (χ1v) is 9.61. The molecule has 3 nitrogen and oxygen atoms in total. The lowest BCUT2D eigenvalue weighted by Crippen LogP contribution is -2.06. The number of aryl methyl sites for hydroxylation is 1. The summed E-state index contributed by atoms with van der Waals surface area (Å²) in [5.41, 5.74) is 5.62. The minimum atomic E-state index is -0.00271. The molecule has 0 saturated heterocycles. The molecule has 0 bridgehead atoms. The fourth-order valence-corrected chi connectivity index (χ4v) is 3.66. The van der Waals surface area contributed by atoms with E-state index in [1.165, 1.54) is 0 Å². The van der Waals surface area contributed by atoms with Gasteiger partial charge in [-0.1, -0.05) is 60.2 Å². The van der Waals surface area contributed by atoms with Crippen molar-refractivity contribution >= 4 is 21.7 Å². The van der Waals surface area contributed by atoms with Crippen LogP contribution in [-0.4, -0.2) is 15.8 Å². The van der Waals surface area contributed by atoms with E-state index in [1.807, 2.05) is 67.6 Å². The third kappa shape index (κ3) is 3.67. The van der Waals surface area contributed by atoms with E-state index in [0.29, 0.717) is 11.3 Å². The highest BCUT2D eigenvalue weighted by atomic mass is 79.9. The van der Waals surface area contributed by atoms with Gasteiger partial charge in [-0.15, -0.1) is 0 Å². The minimum Gasteiger partial charge on any atom is -0.355 e. The lowest BCUT2D eigenvalue weighted by atomic mass is 9.93. The second-order valence-corrected chi connectivity index (χ2v) is 7.48. The largest absolute Gasteiger partial charge is 0.355 e. The number of benzene rings is 2. The summed E-state index contributed by atoms with van der Waals surface area (Å²) in [6, 6.07) is 25.8. The Morgan fingerprint density at radius 3 is 2.15 bits per heavy atom. The van der Waals surface area contributed by atoms with Gasteiger partial charge in [-0.25, -0.2) is 0 Å². The van der Waals surface area contributed by atoms with E-state index in [4.69, 9.17) is 0 Å². The maximum atomic E-state index is 12.8. The van der Waals surface area contributed by atoms with Crippen molar-refractivity contribution in [2.45, 2.75) is 12.8 Å². The molecule has 4 aromatic rings. The van der Waals surface area contributed by atoms with E-state index >= 15 is 0 Å². The van der Waals surface area contributed by atoms with Crippen LogP contribution in [0, 0.1) is 6.92 Å². The molecule has 0 aliphatic rings. The molecule has 27 heavy (non-hydrogen) atoms. The predicted molar refractivity (Wildman–Crippen MR) is 111 cm³/mol. The molecule has 0 spiro atoms. The molecule has 4 heteroatoms. The van der Waals surface area contributed by atoms with Crippen molar-refractivity contribution in [3.8, 4) is 0 Å². The van der Waals surface area contributed by atoms with Gasteiger partial charge in [0.1, 0.15) is 0 Å². The first-order chi connectivity index (χ1) is 13.1. The lowest BCUT2D eigenvalue weighted by molar-refractivity contribution is 0.103. The number of aromatic amines is 2. The summed E-state index contributed by atoms with van der Waals surface area (Å²) in [6.45, 7) is 2.01. The maximum Gasteiger partial charge on any atom is 0.209 e. The quantitative estimate of drug-likeness (QED) is 0.393. The summed E-state index contributed by atoms with van der Waals surface area (Å²) in [4.78, 5) is 19.5. The fourth-order valence-electron chi connectivity index (χ4n) is 3.30. The van der Waals surface area contributed by atoms with Crippen LogP contribution in [0.1, 0.15) is 44.5 Å². The predicted octanol–water partition coefficient (Wildman–Crippen LogP) is 5.82. The molecule has 134 valence electrons. The third-order valence-corrected chi connectivity index (χ3v) is 5.16. The van der Waals surface area contributed by atoms with Crippen LogP contribution in [0.15, 0.2) is 83.5 Å². The Hall–Kier alpha value is -2.85. The van der Waals surface area contributed by atoms with Crippen LogP contribution in [0.5, 0.6) is 0 Å². The van der Waals surface area contributed by atoms with E-state index in [0.717, 1.165) is 27.1 Å². The van der Waals surface area contributed by atoms with Gasteiger partial charge in [-0.3, -0.25) is 4.79 Å². The Labute approximate surface area is 166 Å². The molecule has 0 saturated carbocycles. The number of aromatic nitrogens is 2. The molecule has 2 aromatic carbocycles. The summed E-state index contributed by atoms with van der Waals surface area (Å²) < 4.78 is 0.931. The number of hydrogen-bond acceptors (Lipinski definition) is 1. The number of ketones is 1. The molecule has 0 fully saturated rings. The highest BCUT2D eigenvalue weighted by Crippen LogP contribution is 2.32. The number of nitrogens with one attached hydrogen (secondary N) is 2. The number of carbonyl (C=O) groups is 1. The van der Waals surface area contributed by atoms with Crippen molar-refractivity contribution in [2.24, 2.45) is 0 Å². The van der Waals surface area contributed by atoms with Crippen molar-refractivity contribution in [3.05, 3.63) is 117 Å². The normalized spacial score (nSPS) is 12.1. The smallest absolute Gasteiger partial charge is 0.209 e. The van der Waals surface area contributed by atoms with Gasteiger partial charge >= 0.3 is 0 Å². The molecule has 1 atom stereocenters. The van der Waals surface area contributed by atoms with Crippen LogP contribution in [0.3, 0.4) is 0 Å². The van der Waals surface area contributed by atoms with Gasteiger partial charge in [-0.2, -0.15) is 0 Å². The Morgan fingerprint density at radius 1 is 0.815 bits per heavy atom. The SMILES string of the molecule is Cc1ccc(C(=O)c2ccc(C(c3ccccc3)c3ccc(Br)[nH]3)[nH]2)cc1. The molecule has 4 rings (SSSR count). The van der Waals surface area contributed by atoms with E-state index in [9.17, 15) is 4.79 Å². The molecule has 2 aromatic heterocycles. The van der Waals surface area contributed by atoms with E-state index < -0.39 is 0 Å². The highest BCUT2D eigenvalue weighted by Gasteiger charge is 2.21. The first-order valence-electron chi connectivity index (χ1n) is 8.81. The Kier molecular flexibility index (Phi) is 4.82. The zero-order chi connectivity index (χ0) is 18.8. The zero-order valence-electron chi connectivity index (χ0n) is 14.9. The zero-order valence-corrected chi connectivity index (χ0v) is 16.5. The number of carbonyl (C=O) groups excluding carboxylic acids is 1. The van der Waals surface area contributed by atoms with Gasteiger partial charge in [0.15, 0.2) is 0 Å². The minimum absolute atomic E-state index is 0.000674. The van der Waals surface area contributed by atoms with Gasteiger partial charge in [-0.05, 0) is 52.7 Å². The van der Waals surface area contributed by atoms with E-state index in [-0.39, 0.29) is 11.7 Å². The summed E-state index contributed by atoms with van der Waals surface area (Å²) in [5, 5.41) is 0. The third-order valence-electron chi connectivity index (χ3n) is 4.69.